The lowest BCUT2D eigenvalue weighted by atomic mass is 10.0. The predicted octanol–water partition coefficient (Wildman–Crippen LogP) is 4.87. The van der Waals surface area contributed by atoms with Crippen LogP contribution >= 0.6 is 11.8 Å². The average Bonchev–Trinajstić information content (AvgIpc) is 3.18. The quantitative estimate of drug-likeness (QED) is 0.477. The Morgan fingerprint density at radius 3 is 2.59 bits per heavy atom. The number of hydrogen-bond donors (Lipinski definition) is 0. The molecule has 0 aliphatic rings. The van der Waals surface area contributed by atoms with Crippen LogP contribution in [0, 0.1) is 11.3 Å². The molecule has 29 heavy (non-hydrogen) atoms. The lowest BCUT2D eigenvalue weighted by Crippen LogP contribution is -2.05. The van der Waals surface area contributed by atoms with E-state index in [1.165, 1.54) is 17.3 Å². The van der Waals surface area contributed by atoms with Gasteiger partial charge in [0.2, 0.25) is 5.16 Å². The standard InChI is InChI=1S/C22H18N6S/c1-15(2)18-9-3-4-10-19(18)28-20(17-8-5-11-24-14-17)26-27-22(28)29-21-16(13-23)7-6-12-25-21/h3-12,14-15H,1-2H3. The highest BCUT2D eigenvalue weighted by Crippen LogP contribution is 2.35. The van der Waals surface area contributed by atoms with Gasteiger partial charge in [0.25, 0.3) is 0 Å². The van der Waals surface area contributed by atoms with Gasteiger partial charge in [0.1, 0.15) is 11.1 Å². The van der Waals surface area contributed by atoms with Gasteiger partial charge in [-0.3, -0.25) is 9.55 Å². The molecule has 3 heterocycles. The van der Waals surface area contributed by atoms with Gasteiger partial charge in [-0.15, -0.1) is 10.2 Å². The molecule has 0 spiro atoms. The first kappa shape index (κ1) is 18.8. The molecular formula is C22H18N6S. The van der Waals surface area contributed by atoms with Gasteiger partial charge in [0, 0.05) is 24.2 Å². The Bertz CT molecular complexity index is 1180. The monoisotopic (exact) mass is 398 g/mol. The Morgan fingerprint density at radius 2 is 1.83 bits per heavy atom. The normalized spacial score (nSPS) is 10.8. The zero-order valence-electron chi connectivity index (χ0n) is 16.0. The van der Waals surface area contributed by atoms with Crippen molar-refractivity contribution in [1.29, 1.82) is 5.26 Å². The van der Waals surface area contributed by atoms with Gasteiger partial charge >= 0.3 is 0 Å². The molecular weight excluding hydrogens is 380 g/mol. The van der Waals surface area contributed by atoms with E-state index in [9.17, 15) is 5.26 Å². The van der Waals surface area contributed by atoms with Crippen LogP contribution in [0.1, 0.15) is 30.9 Å². The summed E-state index contributed by atoms with van der Waals surface area (Å²) in [7, 11) is 0. The van der Waals surface area contributed by atoms with Crippen molar-refractivity contribution in [3.8, 4) is 23.1 Å². The van der Waals surface area contributed by atoms with Crippen molar-refractivity contribution in [2.45, 2.75) is 29.9 Å². The van der Waals surface area contributed by atoms with E-state index in [0.29, 0.717) is 27.5 Å². The molecule has 0 saturated carbocycles. The minimum Gasteiger partial charge on any atom is -0.269 e. The van der Waals surface area contributed by atoms with E-state index in [1.807, 2.05) is 28.8 Å². The molecule has 4 aromatic rings. The molecule has 3 aromatic heterocycles. The molecule has 0 aliphatic carbocycles. The van der Waals surface area contributed by atoms with Gasteiger partial charge in [-0.2, -0.15) is 5.26 Å². The number of nitrogens with zero attached hydrogens (tertiary/aromatic N) is 6. The van der Waals surface area contributed by atoms with Crippen LogP contribution in [0.15, 0.2) is 77.3 Å². The Balaban J connectivity index is 1.92. The fourth-order valence-electron chi connectivity index (χ4n) is 3.06. The summed E-state index contributed by atoms with van der Waals surface area (Å²) in [5.41, 5.74) is 3.56. The van der Waals surface area contributed by atoms with Gasteiger partial charge < -0.3 is 0 Å². The molecule has 0 atom stereocenters. The van der Waals surface area contributed by atoms with Crippen molar-refractivity contribution in [2.24, 2.45) is 0 Å². The van der Waals surface area contributed by atoms with Crippen LogP contribution in [-0.4, -0.2) is 24.7 Å². The first-order valence-corrected chi connectivity index (χ1v) is 9.98. The van der Waals surface area contributed by atoms with Crippen LogP contribution in [-0.2, 0) is 0 Å². The summed E-state index contributed by atoms with van der Waals surface area (Å²) in [6.07, 6.45) is 5.18. The molecule has 0 saturated heterocycles. The van der Waals surface area contributed by atoms with E-state index in [-0.39, 0.29) is 0 Å². The molecule has 1 aromatic carbocycles. The lowest BCUT2D eigenvalue weighted by molar-refractivity contribution is 0.817. The molecule has 4 rings (SSSR count). The van der Waals surface area contributed by atoms with E-state index in [2.05, 4.69) is 52.2 Å². The number of benzene rings is 1. The molecule has 0 bridgehead atoms. The molecule has 7 heteroatoms. The summed E-state index contributed by atoms with van der Waals surface area (Å²) in [4.78, 5) is 8.60. The van der Waals surface area contributed by atoms with Crippen molar-refractivity contribution >= 4 is 11.8 Å². The second kappa shape index (κ2) is 8.25. The zero-order valence-corrected chi connectivity index (χ0v) is 16.8. The molecule has 0 unspecified atom stereocenters. The molecule has 6 nitrogen and oxygen atoms in total. The van der Waals surface area contributed by atoms with Crippen molar-refractivity contribution in [1.82, 2.24) is 24.7 Å². The van der Waals surface area contributed by atoms with Crippen LogP contribution in [0.5, 0.6) is 0 Å². The third-order valence-electron chi connectivity index (χ3n) is 4.43. The van der Waals surface area contributed by atoms with Crippen LogP contribution < -0.4 is 0 Å². The summed E-state index contributed by atoms with van der Waals surface area (Å²) in [6, 6.07) is 17.7. The van der Waals surface area contributed by atoms with E-state index < -0.39 is 0 Å². The third-order valence-corrected chi connectivity index (χ3v) is 5.40. The first-order chi connectivity index (χ1) is 14.2. The van der Waals surface area contributed by atoms with Gasteiger partial charge in [0.15, 0.2) is 5.82 Å². The smallest absolute Gasteiger partial charge is 0.202 e. The number of para-hydroxylation sites is 1. The Morgan fingerprint density at radius 1 is 1.00 bits per heavy atom. The Hall–Kier alpha value is -3.50. The van der Waals surface area contributed by atoms with Crippen molar-refractivity contribution in [3.05, 3.63) is 78.2 Å². The van der Waals surface area contributed by atoms with E-state index >= 15 is 0 Å². The van der Waals surface area contributed by atoms with Crippen molar-refractivity contribution in [2.75, 3.05) is 0 Å². The number of aromatic nitrogens is 5. The van der Waals surface area contributed by atoms with Crippen LogP contribution in [0.3, 0.4) is 0 Å². The SMILES string of the molecule is CC(C)c1ccccc1-n1c(Sc2ncccc2C#N)nnc1-c1cccnc1. The van der Waals surface area contributed by atoms with Crippen molar-refractivity contribution < 1.29 is 0 Å². The molecule has 142 valence electrons. The molecule has 0 amide bonds. The predicted molar refractivity (Wildman–Crippen MR) is 112 cm³/mol. The maximum atomic E-state index is 9.43. The fraction of sp³-hybridized carbons (Fsp3) is 0.136. The van der Waals surface area contributed by atoms with E-state index in [1.54, 1.807) is 30.7 Å². The fourth-order valence-corrected chi connectivity index (χ4v) is 3.93. The minimum atomic E-state index is 0.317. The number of rotatable bonds is 5. The number of hydrogen-bond acceptors (Lipinski definition) is 6. The lowest BCUT2D eigenvalue weighted by Gasteiger charge is -2.16. The zero-order chi connectivity index (χ0) is 20.2. The van der Waals surface area contributed by atoms with Crippen LogP contribution in [0.4, 0.5) is 0 Å². The van der Waals surface area contributed by atoms with E-state index in [0.717, 1.165) is 11.3 Å². The summed E-state index contributed by atoms with van der Waals surface area (Å²) < 4.78 is 2.02. The number of nitriles is 1. The molecule has 0 radical (unpaired) electrons. The average molecular weight is 398 g/mol. The van der Waals surface area contributed by atoms with Gasteiger partial charge in [0.05, 0.1) is 11.3 Å². The summed E-state index contributed by atoms with van der Waals surface area (Å²) in [5.74, 6) is 1.01. The second-order valence-electron chi connectivity index (χ2n) is 6.67. The summed E-state index contributed by atoms with van der Waals surface area (Å²) in [5, 5.41) is 19.6. The third kappa shape index (κ3) is 3.75. The first-order valence-electron chi connectivity index (χ1n) is 9.17. The van der Waals surface area contributed by atoms with Gasteiger partial charge in [-0.05, 0) is 53.6 Å². The summed E-state index contributed by atoms with van der Waals surface area (Å²) in [6.45, 7) is 4.32. The highest BCUT2D eigenvalue weighted by molar-refractivity contribution is 7.99. The minimum absolute atomic E-state index is 0.317. The van der Waals surface area contributed by atoms with Crippen LogP contribution in [0.25, 0.3) is 17.1 Å². The van der Waals surface area contributed by atoms with Gasteiger partial charge in [-0.25, -0.2) is 4.98 Å². The highest BCUT2D eigenvalue weighted by Gasteiger charge is 2.21. The molecule has 0 N–H and O–H groups in total. The van der Waals surface area contributed by atoms with Crippen LogP contribution in [0.2, 0.25) is 0 Å². The Labute approximate surface area is 173 Å². The highest BCUT2D eigenvalue weighted by atomic mass is 32.2. The maximum Gasteiger partial charge on any atom is 0.202 e. The molecule has 0 fully saturated rings. The van der Waals surface area contributed by atoms with Gasteiger partial charge in [-0.1, -0.05) is 32.0 Å². The molecule has 0 aliphatic heterocycles. The number of pyridine rings is 2. The largest absolute Gasteiger partial charge is 0.269 e. The topological polar surface area (TPSA) is 80.3 Å². The maximum absolute atomic E-state index is 9.43. The van der Waals surface area contributed by atoms with Crippen molar-refractivity contribution in [3.63, 3.8) is 0 Å². The second-order valence-corrected chi connectivity index (χ2v) is 7.62. The Kier molecular flexibility index (Phi) is 5.36. The summed E-state index contributed by atoms with van der Waals surface area (Å²) >= 11 is 1.33. The van der Waals surface area contributed by atoms with E-state index in [4.69, 9.17) is 0 Å².